The van der Waals surface area contributed by atoms with E-state index in [2.05, 4.69) is 10.3 Å². The van der Waals surface area contributed by atoms with Crippen molar-refractivity contribution in [3.05, 3.63) is 58.4 Å². The highest BCUT2D eigenvalue weighted by atomic mass is 16.5. The molecule has 0 saturated heterocycles. The van der Waals surface area contributed by atoms with E-state index in [9.17, 15) is 14.4 Å². The Morgan fingerprint density at radius 2 is 1.72 bits per heavy atom. The van der Waals surface area contributed by atoms with Gasteiger partial charge >= 0.3 is 11.9 Å². The van der Waals surface area contributed by atoms with E-state index < -0.39 is 18.0 Å². The van der Waals surface area contributed by atoms with Crippen LogP contribution in [0, 0.1) is 13.8 Å². The van der Waals surface area contributed by atoms with Crippen LogP contribution in [0.15, 0.2) is 30.3 Å². The predicted octanol–water partition coefficient (Wildman–Crippen LogP) is 3.27. The Labute approximate surface area is 170 Å². The van der Waals surface area contributed by atoms with Crippen LogP contribution in [0.2, 0.25) is 0 Å². The Hall–Kier alpha value is -3.09. The number of amides is 1. The van der Waals surface area contributed by atoms with E-state index in [-0.39, 0.29) is 24.1 Å². The van der Waals surface area contributed by atoms with Gasteiger partial charge in [0.2, 0.25) is 0 Å². The van der Waals surface area contributed by atoms with Crippen molar-refractivity contribution in [2.45, 2.75) is 46.6 Å². The van der Waals surface area contributed by atoms with Crippen molar-refractivity contribution in [3.8, 4) is 0 Å². The number of ether oxygens (including phenoxy) is 2. The molecule has 156 valence electrons. The number of esters is 2. The molecule has 0 aliphatic heterocycles. The zero-order valence-corrected chi connectivity index (χ0v) is 17.5. The lowest BCUT2D eigenvalue weighted by Gasteiger charge is -2.16. The van der Waals surface area contributed by atoms with Crippen LogP contribution in [0.25, 0.3) is 0 Å². The number of carbonyl (C=O) groups excluding carboxylic acids is 3. The third-order valence-electron chi connectivity index (χ3n) is 4.73. The van der Waals surface area contributed by atoms with Gasteiger partial charge in [0.05, 0.1) is 12.2 Å². The maximum Gasteiger partial charge on any atom is 0.355 e. The molecule has 1 aromatic carbocycles. The number of carbonyl (C=O) groups is 3. The molecule has 1 heterocycles. The maximum atomic E-state index is 12.5. The summed E-state index contributed by atoms with van der Waals surface area (Å²) in [6, 6.07) is 9.83. The second-order valence-electron chi connectivity index (χ2n) is 6.95. The average molecular weight is 400 g/mol. The molecule has 7 nitrogen and oxygen atoms in total. The summed E-state index contributed by atoms with van der Waals surface area (Å²) >= 11 is 0. The molecule has 0 saturated carbocycles. The standard InChI is InChI=1S/C22H28N2O5/c1-6-28-21(26)18-14(3)19(24-15(18)4)22(27)29-16(5)20(25)23-12-13(2)17-10-8-7-9-11-17/h7-11,13,16,24H,6,12H2,1-5H3,(H,23,25)/t13-,16+/m0/s1. The maximum absolute atomic E-state index is 12.5. The van der Waals surface area contributed by atoms with Crippen LogP contribution in [0.4, 0.5) is 0 Å². The van der Waals surface area contributed by atoms with Crippen LogP contribution in [0.3, 0.4) is 0 Å². The second-order valence-corrected chi connectivity index (χ2v) is 6.95. The first-order chi connectivity index (χ1) is 13.8. The first kappa shape index (κ1) is 22.2. The Balaban J connectivity index is 1.97. The predicted molar refractivity (Wildman–Crippen MR) is 109 cm³/mol. The lowest BCUT2D eigenvalue weighted by molar-refractivity contribution is -0.129. The van der Waals surface area contributed by atoms with Crippen LogP contribution in [-0.4, -0.2) is 42.1 Å². The number of aryl methyl sites for hydroxylation is 1. The largest absolute Gasteiger partial charge is 0.462 e. The minimum absolute atomic E-state index is 0.128. The number of rotatable bonds is 8. The molecule has 0 aliphatic carbocycles. The minimum atomic E-state index is -0.973. The Morgan fingerprint density at radius 3 is 2.34 bits per heavy atom. The summed E-state index contributed by atoms with van der Waals surface area (Å²) < 4.78 is 10.3. The van der Waals surface area contributed by atoms with Crippen molar-refractivity contribution in [2.75, 3.05) is 13.2 Å². The van der Waals surface area contributed by atoms with E-state index in [0.717, 1.165) is 5.56 Å². The van der Waals surface area contributed by atoms with E-state index in [1.54, 1.807) is 20.8 Å². The lowest BCUT2D eigenvalue weighted by atomic mass is 10.0. The van der Waals surface area contributed by atoms with Gasteiger partial charge in [0.25, 0.3) is 5.91 Å². The molecule has 29 heavy (non-hydrogen) atoms. The van der Waals surface area contributed by atoms with Gasteiger partial charge < -0.3 is 19.8 Å². The summed E-state index contributed by atoms with van der Waals surface area (Å²) in [5.41, 5.74) is 2.52. The van der Waals surface area contributed by atoms with Crippen molar-refractivity contribution in [1.82, 2.24) is 10.3 Å². The van der Waals surface area contributed by atoms with Crippen molar-refractivity contribution in [2.24, 2.45) is 0 Å². The number of H-pyrrole nitrogens is 1. The summed E-state index contributed by atoms with van der Waals surface area (Å²) in [5.74, 6) is -1.45. The summed E-state index contributed by atoms with van der Waals surface area (Å²) in [4.78, 5) is 39.7. The van der Waals surface area contributed by atoms with Gasteiger partial charge in [0.15, 0.2) is 6.10 Å². The molecule has 7 heteroatoms. The van der Waals surface area contributed by atoms with Crippen LogP contribution in [0.1, 0.15) is 64.4 Å². The summed E-state index contributed by atoms with van der Waals surface area (Å²) in [5, 5.41) is 2.80. The number of aromatic nitrogens is 1. The van der Waals surface area contributed by atoms with Crippen LogP contribution in [-0.2, 0) is 14.3 Å². The molecule has 0 radical (unpaired) electrons. The molecule has 2 atom stereocenters. The molecule has 2 rings (SSSR count). The zero-order chi connectivity index (χ0) is 21.6. The van der Waals surface area contributed by atoms with Gasteiger partial charge in [-0.05, 0) is 44.7 Å². The van der Waals surface area contributed by atoms with Gasteiger partial charge in [-0.15, -0.1) is 0 Å². The Bertz CT molecular complexity index is 873. The highest BCUT2D eigenvalue weighted by Crippen LogP contribution is 2.20. The van der Waals surface area contributed by atoms with E-state index in [0.29, 0.717) is 23.4 Å². The third kappa shape index (κ3) is 5.47. The van der Waals surface area contributed by atoms with Gasteiger partial charge in [-0.1, -0.05) is 37.3 Å². The summed E-state index contributed by atoms with van der Waals surface area (Å²) in [7, 11) is 0. The first-order valence-corrected chi connectivity index (χ1v) is 9.66. The topological polar surface area (TPSA) is 97.5 Å². The smallest absolute Gasteiger partial charge is 0.355 e. The lowest BCUT2D eigenvalue weighted by Crippen LogP contribution is -2.37. The first-order valence-electron chi connectivity index (χ1n) is 9.66. The molecule has 1 aromatic heterocycles. The Kier molecular flexibility index (Phi) is 7.59. The molecule has 0 bridgehead atoms. The van der Waals surface area contributed by atoms with Crippen molar-refractivity contribution in [1.29, 1.82) is 0 Å². The van der Waals surface area contributed by atoms with E-state index in [4.69, 9.17) is 9.47 Å². The molecule has 0 fully saturated rings. The van der Waals surface area contributed by atoms with E-state index in [1.807, 2.05) is 37.3 Å². The number of hydrogen-bond acceptors (Lipinski definition) is 5. The third-order valence-corrected chi connectivity index (χ3v) is 4.73. The average Bonchev–Trinajstić information content (AvgIpc) is 3.00. The van der Waals surface area contributed by atoms with Gasteiger partial charge in [0, 0.05) is 12.2 Å². The second kappa shape index (κ2) is 9.91. The summed E-state index contributed by atoms with van der Waals surface area (Å²) in [6.07, 6.45) is -0.973. The van der Waals surface area contributed by atoms with Crippen molar-refractivity contribution in [3.63, 3.8) is 0 Å². The fourth-order valence-corrected chi connectivity index (χ4v) is 3.03. The van der Waals surface area contributed by atoms with Gasteiger partial charge in [0.1, 0.15) is 5.69 Å². The van der Waals surface area contributed by atoms with Gasteiger partial charge in [-0.2, -0.15) is 0 Å². The minimum Gasteiger partial charge on any atom is -0.462 e. The van der Waals surface area contributed by atoms with Crippen molar-refractivity contribution >= 4 is 17.8 Å². The van der Waals surface area contributed by atoms with Crippen LogP contribution < -0.4 is 5.32 Å². The fourth-order valence-electron chi connectivity index (χ4n) is 3.03. The summed E-state index contributed by atoms with van der Waals surface area (Å²) in [6.45, 7) is 9.21. The number of nitrogens with one attached hydrogen (secondary N) is 2. The number of hydrogen-bond donors (Lipinski definition) is 2. The highest BCUT2D eigenvalue weighted by Gasteiger charge is 2.26. The molecule has 1 amide bonds. The van der Waals surface area contributed by atoms with Gasteiger partial charge in [-0.3, -0.25) is 4.79 Å². The molecular formula is C22H28N2O5. The van der Waals surface area contributed by atoms with E-state index >= 15 is 0 Å². The van der Waals surface area contributed by atoms with Crippen LogP contribution in [0.5, 0.6) is 0 Å². The highest BCUT2D eigenvalue weighted by molar-refractivity contribution is 5.99. The fraction of sp³-hybridized carbons (Fsp3) is 0.409. The molecule has 2 N–H and O–H groups in total. The molecule has 2 aromatic rings. The Morgan fingerprint density at radius 1 is 1.07 bits per heavy atom. The molecule has 0 spiro atoms. The molecule has 0 unspecified atom stereocenters. The van der Waals surface area contributed by atoms with Crippen molar-refractivity contribution < 1.29 is 23.9 Å². The zero-order valence-electron chi connectivity index (χ0n) is 17.5. The SMILES string of the molecule is CCOC(=O)c1c(C)[nH]c(C(=O)O[C@H](C)C(=O)NC[C@H](C)c2ccccc2)c1C. The molecular weight excluding hydrogens is 372 g/mol. The number of aromatic amines is 1. The van der Waals surface area contributed by atoms with E-state index in [1.165, 1.54) is 6.92 Å². The number of benzene rings is 1. The van der Waals surface area contributed by atoms with Crippen LogP contribution >= 0.6 is 0 Å². The monoisotopic (exact) mass is 400 g/mol. The normalized spacial score (nSPS) is 12.7. The quantitative estimate of drug-likeness (QED) is 0.663. The van der Waals surface area contributed by atoms with Gasteiger partial charge in [-0.25, -0.2) is 9.59 Å². The molecule has 0 aliphatic rings.